The zero-order valence-corrected chi connectivity index (χ0v) is 10.3. The van der Waals surface area contributed by atoms with Gasteiger partial charge in [-0.15, -0.1) is 0 Å². The second-order valence-corrected chi connectivity index (χ2v) is 4.53. The number of carboxylic acids is 2. The van der Waals surface area contributed by atoms with Crippen molar-refractivity contribution >= 4 is 11.9 Å². The van der Waals surface area contributed by atoms with Gasteiger partial charge in [0.2, 0.25) is 0 Å². The van der Waals surface area contributed by atoms with Crippen molar-refractivity contribution < 1.29 is 19.8 Å². The van der Waals surface area contributed by atoms with Gasteiger partial charge in [0, 0.05) is 0 Å². The predicted molar refractivity (Wildman–Crippen MR) is 65.0 cm³/mol. The molecule has 3 atom stereocenters. The molecule has 0 spiro atoms. The molecule has 0 aromatic carbocycles. The standard InChI is InChI=1S/C11H21N3O4/c12-6-2-1-3-7(10(15)16)13-9-5-4-8(14-9)11(17)18/h7-9,13-14H,1-6,12H2,(H,15,16)(H,17,18)/t7-,8-,9?/m0/s1. The third-order valence-electron chi connectivity index (χ3n) is 3.09. The average Bonchev–Trinajstić information content (AvgIpc) is 2.76. The van der Waals surface area contributed by atoms with Crippen LogP contribution >= 0.6 is 0 Å². The second-order valence-electron chi connectivity index (χ2n) is 4.53. The van der Waals surface area contributed by atoms with E-state index < -0.39 is 24.0 Å². The summed E-state index contributed by atoms with van der Waals surface area (Å²) in [4.78, 5) is 21.8. The normalized spacial score (nSPS) is 24.9. The molecule has 0 aromatic heterocycles. The Morgan fingerprint density at radius 1 is 1.33 bits per heavy atom. The Kier molecular flexibility index (Phi) is 6.03. The Bertz CT molecular complexity index is 298. The van der Waals surface area contributed by atoms with Crippen LogP contribution in [0.3, 0.4) is 0 Å². The zero-order chi connectivity index (χ0) is 13.5. The van der Waals surface area contributed by atoms with Crippen LogP contribution in [0.25, 0.3) is 0 Å². The van der Waals surface area contributed by atoms with Gasteiger partial charge >= 0.3 is 11.9 Å². The molecule has 0 aromatic rings. The van der Waals surface area contributed by atoms with Crippen LogP contribution in [0.5, 0.6) is 0 Å². The molecular formula is C11H21N3O4. The van der Waals surface area contributed by atoms with Crippen LogP contribution in [0.1, 0.15) is 32.1 Å². The molecule has 0 saturated carbocycles. The Morgan fingerprint density at radius 2 is 2.06 bits per heavy atom. The van der Waals surface area contributed by atoms with Gasteiger partial charge in [0.1, 0.15) is 12.1 Å². The Hall–Kier alpha value is -1.18. The van der Waals surface area contributed by atoms with E-state index >= 15 is 0 Å². The molecule has 0 bridgehead atoms. The van der Waals surface area contributed by atoms with E-state index in [0.29, 0.717) is 25.8 Å². The quantitative estimate of drug-likeness (QED) is 0.366. The molecular weight excluding hydrogens is 238 g/mol. The minimum atomic E-state index is -0.910. The number of carbonyl (C=O) groups is 2. The van der Waals surface area contributed by atoms with Crippen LogP contribution in [0, 0.1) is 0 Å². The first-order valence-corrected chi connectivity index (χ1v) is 6.22. The molecule has 0 radical (unpaired) electrons. The fourth-order valence-corrected chi connectivity index (χ4v) is 2.08. The van der Waals surface area contributed by atoms with E-state index in [0.717, 1.165) is 12.8 Å². The van der Waals surface area contributed by atoms with Crippen molar-refractivity contribution in [3.8, 4) is 0 Å². The fourth-order valence-electron chi connectivity index (χ4n) is 2.08. The van der Waals surface area contributed by atoms with Crippen LogP contribution in [0.2, 0.25) is 0 Å². The van der Waals surface area contributed by atoms with Crippen molar-refractivity contribution in [1.82, 2.24) is 10.6 Å². The third kappa shape index (κ3) is 4.59. The minimum absolute atomic E-state index is 0.245. The van der Waals surface area contributed by atoms with E-state index in [1.54, 1.807) is 0 Å². The number of hydrogen-bond acceptors (Lipinski definition) is 5. The topological polar surface area (TPSA) is 125 Å². The Morgan fingerprint density at radius 3 is 2.56 bits per heavy atom. The third-order valence-corrected chi connectivity index (χ3v) is 3.09. The first-order chi connectivity index (χ1) is 8.54. The molecule has 1 aliphatic heterocycles. The van der Waals surface area contributed by atoms with Crippen LogP contribution < -0.4 is 16.4 Å². The molecule has 1 heterocycles. The summed E-state index contributed by atoms with van der Waals surface area (Å²) >= 11 is 0. The van der Waals surface area contributed by atoms with Gasteiger partial charge in [0.25, 0.3) is 0 Å². The lowest BCUT2D eigenvalue weighted by molar-refractivity contribution is -0.140. The first kappa shape index (κ1) is 14.9. The van der Waals surface area contributed by atoms with Gasteiger partial charge in [-0.2, -0.15) is 0 Å². The summed E-state index contributed by atoms with van der Waals surface area (Å²) in [6, 6.07) is -1.23. The number of rotatable bonds is 8. The van der Waals surface area contributed by atoms with E-state index in [1.807, 2.05) is 0 Å². The molecule has 0 amide bonds. The lowest BCUT2D eigenvalue weighted by Crippen LogP contribution is -2.50. The van der Waals surface area contributed by atoms with Crippen LogP contribution in [-0.4, -0.2) is 46.9 Å². The van der Waals surface area contributed by atoms with E-state index in [4.69, 9.17) is 15.9 Å². The van der Waals surface area contributed by atoms with Crippen molar-refractivity contribution in [3.63, 3.8) is 0 Å². The maximum Gasteiger partial charge on any atom is 0.320 e. The molecule has 104 valence electrons. The largest absolute Gasteiger partial charge is 0.480 e. The van der Waals surface area contributed by atoms with E-state index in [9.17, 15) is 9.59 Å². The molecule has 1 aliphatic rings. The molecule has 7 nitrogen and oxygen atoms in total. The van der Waals surface area contributed by atoms with Gasteiger partial charge in [-0.25, -0.2) is 0 Å². The van der Waals surface area contributed by atoms with Crippen molar-refractivity contribution in [2.75, 3.05) is 6.54 Å². The highest BCUT2D eigenvalue weighted by Gasteiger charge is 2.31. The van der Waals surface area contributed by atoms with Gasteiger partial charge in [-0.05, 0) is 32.2 Å². The molecule has 0 aliphatic carbocycles. The lowest BCUT2D eigenvalue weighted by Gasteiger charge is -2.20. The molecule has 1 unspecified atom stereocenters. The monoisotopic (exact) mass is 259 g/mol. The van der Waals surface area contributed by atoms with Crippen molar-refractivity contribution in [2.24, 2.45) is 5.73 Å². The second kappa shape index (κ2) is 7.30. The van der Waals surface area contributed by atoms with Crippen molar-refractivity contribution in [3.05, 3.63) is 0 Å². The predicted octanol–water partition coefficient (Wildman–Crippen LogP) is -0.679. The van der Waals surface area contributed by atoms with Crippen LogP contribution in [0.4, 0.5) is 0 Å². The number of carboxylic acid groups (broad SMARTS) is 2. The highest BCUT2D eigenvalue weighted by atomic mass is 16.4. The number of aliphatic carboxylic acids is 2. The molecule has 1 saturated heterocycles. The summed E-state index contributed by atoms with van der Waals surface area (Å²) in [5.74, 6) is -1.80. The molecule has 7 heteroatoms. The summed E-state index contributed by atoms with van der Waals surface area (Å²) in [5.41, 5.74) is 5.36. The zero-order valence-electron chi connectivity index (χ0n) is 10.3. The van der Waals surface area contributed by atoms with Gasteiger partial charge in [-0.3, -0.25) is 20.2 Å². The Balaban J connectivity index is 2.37. The summed E-state index contributed by atoms with van der Waals surface area (Å²) in [6.07, 6.45) is 2.93. The van der Waals surface area contributed by atoms with Crippen molar-refractivity contribution in [1.29, 1.82) is 0 Å². The summed E-state index contributed by atoms with van der Waals surface area (Å²) in [6.45, 7) is 0.551. The number of nitrogens with one attached hydrogen (secondary N) is 2. The highest BCUT2D eigenvalue weighted by molar-refractivity contribution is 5.74. The summed E-state index contributed by atoms with van der Waals surface area (Å²) < 4.78 is 0. The smallest absolute Gasteiger partial charge is 0.320 e. The highest BCUT2D eigenvalue weighted by Crippen LogP contribution is 2.12. The SMILES string of the molecule is NCCCC[C@H](NC1CC[C@@H](C(=O)O)N1)C(=O)O. The van der Waals surface area contributed by atoms with Crippen LogP contribution in [-0.2, 0) is 9.59 Å². The van der Waals surface area contributed by atoms with E-state index in [2.05, 4.69) is 10.6 Å². The first-order valence-electron chi connectivity index (χ1n) is 6.22. The fraction of sp³-hybridized carbons (Fsp3) is 0.818. The molecule has 6 N–H and O–H groups in total. The van der Waals surface area contributed by atoms with E-state index in [1.165, 1.54) is 0 Å². The van der Waals surface area contributed by atoms with E-state index in [-0.39, 0.29) is 6.17 Å². The number of nitrogens with two attached hydrogens (primary N) is 1. The summed E-state index contributed by atoms with van der Waals surface area (Å²) in [5, 5.41) is 23.7. The van der Waals surface area contributed by atoms with Gasteiger partial charge in [0.15, 0.2) is 0 Å². The van der Waals surface area contributed by atoms with Gasteiger partial charge in [0.05, 0.1) is 6.17 Å². The molecule has 1 rings (SSSR count). The number of hydrogen-bond donors (Lipinski definition) is 5. The molecule has 18 heavy (non-hydrogen) atoms. The number of unbranched alkanes of at least 4 members (excludes halogenated alkanes) is 1. The lowest BCUT2D eigenvalue weighted by atomic mass is 10.1. The van der Waals surface area contributed by atoms with Crippen LogP contribution in [0.15, 0.2) is 0 Å². The average molecular weight is 259 g/mol. The maximum atomic E-state index is 11.1. The minimum Gasteiger partial charge on any atom is -0.480 e. The van der Waals surface area contributed by atoms with Gasteiger partial charge < -0.3 is 15.9 Å². The maximum absolute atomic E-state index is 11.1. The molecule has 1 fully saturated rings. The van der Waals surface area contributed by atoms with Crippen molar-refractivity contribution in [2.45, 2.75) is 50.4 Å². The summed E-state index contributed by atoms with van der Waals surface area (Å²) in [7, 11) is 0. The Labute approximate surface area is 106 Å². The van der Waals surface area contributed by atoms with Gasteiger partial charge in [-0.1, -0.05) is 6.42 Å².